The lowest BCUT2D eigenvalue weighted by Gasteiger charge is -2.59. The molecular formula is C24H30BrN. The Morgan fingerprint density at radius 2 is 1.73 bits per heavy atom. The Bertz CT molecular complexity index is 743. The molecule has 2 aliphatic carbocycles. The number of hydrogen-bond acceptors (Lipinski definition) is 1. The minimum atomic E-state index is 0. The van der Waals surface area contributed by atoms with Gasteiger partial charge in [0.05, 0.1) is 0 Å². The van der Waals surface area contributed by atoms with Gasteiger partial charge in [-0.25, -0.2) is 0 Å². The molecule has 0 aromatic heterocycles. The molecule has 1 aliphatic heterocycles. The molecule has 2 heteroatoms. The van der Waals surface area contributed by atoms with Gasteiger partial charge < -0.3 is 0 Å². The molecule has 2 aromatic rings. The van der Waals surface area contributed by atoms with Crippen LogP contribution < -0.4 is 0 Å². The summed E-state index contributed by atoms with van der Waals surface area (Å²) in [6, 6.07) is 21.2. The van der Waals surface area contributed by atoms with Crippen LogP contribution in [0.25, 0.3) is 0 Å². The average Bonchev–Trinajstić information content (AvgIpc) is 2.68. The summed E-state index contributed by atoms with van der Waals surface area (Å²) in [5.74, 6) is 0.890. The van der Waals surface area contributed by atoms with Crippen LogP contribution in [-0.2, 0) is 18.3 Å². The molecule has 1 saturated heterocycles. The van der Waals surface area contributed by atoms with Crippen LogP contribution in [0.15, 0.2) is 54.6 Å². The molecule has 2 aromatic carbocycles. The standard InChI is InChI=1S/C24H29N.BrH/c1-2-8-19(9-3-1)13-16-25-17-15-24-14-7-6-12-22(24)23(25)18-20-10-4-5-11-21(20)24;/h1-5,8-11,22-23H,6-7,12-18H2;1H/t22-,23+,24-;/m0./s1. The van der Waals surface area contributed by atoms with Gasteiger partial charge in [0.2, 0.25) is 0 Å². The molecule has 1 heterocycles. The fraction of sp³-hybridized carbons (Fsp3) is 0.500. The first-order valence-corrected chi connectivity index (χ1v) is 10.2. The third-order valence-electron chi connectivity index (χ3n) is 7.39. The van der Waals surface area contributed by atoms with Gasteiger partial charge in [-0.2, -0.15) is 0 Å². The summed E-state index contributed by atoms with van der Waals surface area (Å²) in [5, 5.41) is 0. The smallest absolute Gasteiger partial charge is 0.0173 e. The lowest BCUT2D eigenvalue weighted by atomic mass is 9.52. The van der Waals surface area contributed by atoms with E-state index in [0.717, 1.165) is 12.0 Å². The highest BCUT2D eigenvalue weighted by Crippen LogP contribution is 2.55. The first-order valence-electron chi connectivity index (χ1n) is 10.2. The summed E-state index contributed by atoms with van der Waals surface area (Å²) < 4.78 is 0. The van der Waals surface area contributed by atoms with Gasteiger partial charge in [-0.3, -0.25) is 4.90 Å². The zero-order chi connectivity index (χ0) is 16.7. The van der Waals surface area contributed by atoms with Crippen LogP contribution in [0.1, 0.15) is 48.8 Å². The van der Waals surface area contributed by atoms with Crippen LogP contribution in [0.3, 0.4) is 0 Å². The molecule has 0 amide bonds. The molecule has 2 bridgehead atoms. The highest BCUT2D eigenvalue weighted by atomic mass is 79.9. The second-order valence-corrected chi connectivity index (χ2v) is 8.46. The number of rotatable bonds is 3. The Morgan fingerprint density at radius 1 is 0.923 bits per heavy atom. The maximum atomic E-state index is 2.84. The summed E-state index contributed by atoms with van der Waals surface area (Å²) in [4.78, 5) is 2.84. The molecule has 1 nitrogen and oxygen atoms in total. The van der Waals surface area contributed by atoms with E-state index in [1.54, 1.807) is 11.1 Å². The third kappa shape index (κ3) is 2.96. The van der Waals surface area contributed by atoms with E-state index in [1.807, 2.05) is 0 Å². The van der Waals surface area contributed by atoms with Crippen LogP contribution in [0.2, 0.25) is 0 Å². The molecule has 3 aliphatic rings. The predicted molar refractivity (Wildman–Crippen MR) is 114 cm³/mol. The van der Waals surface area contributed by atoms with Gasteiger partial charge in [0.25, 0.3) is 0 Å². The van der Waals surface area contributed by atoms with Crippen molar-refractivity contribution < 1.29 is 0 Å². The maximum absolute atomic E-state index is 2.84. The second kappa shape index (κ2) is 7.48. The largest absolute Gasteiger partial charge is 0.299 e. The van der Waals surface area contributed by atoms with Gasteiger partial charge in [0.15, 0.2) is 0 Å². The maximum Gasteiger partial charge on any atom is 0.0173 e. The Balaban J connectivity index is 0.00000168. The zero-order valence-corrected chi connectivity index (χ0v) is 17.3. The summed E-state index contributed by atoms with van der Waals surface area (Å²) in [5.41, 5.74) is 5.36. The molecule has 0 unspecified atom stereocenters. The van der Waals surface area contributed by atoms with Gasteiger partial charge >= 0.3 is 0 Å². The van der Waals surface area contributed by atoms with Crippen molar-refractivity contribution in [3.05, 3.63) is 71.3 Å². The highest BCUT2D eigenvalue weighted by molar-refractivity contribution is 8.93. The number of hydrogen-bond donors (Lipinski definition) is 0. The number of fused-ring (bicyclic) bond motifs is 1. The monoisotopic (exact) mass is 411 g/mol. The van der Waals surface area contributed by atoms with E-state index in [2.05, 4.69) is 59.5 Å². The zero-order valence-electron chi connectivity index (χ0n) is 15.6. The van der Waals surface area contributed by atoms with Gasteiger partial charge in [-0.15, -0.1) is 17.0 Å². The normalized spacial score (nSPS) is 30.0. The van der Waals surface area contributed by atoms with E-state index in [0.29, 0.717) is 5.41 Å². The fourth-order valence-electron chi connectivity index (χ4n) is 6.25. The molecule has 2 fully saturated rings. The van der Waals surface area contributed by atoms with Crippen molar-refractivity contribution in [2.24, 2.45) is 5.92 Å². The van der Waals surface area contributed by atoms with E-state index in [1.165, 1.54) is 63.6 Å². The number of halogens is 1. The minimum Gasteiger partial charge on any atom is -0.299 e. The topological polar surface area (TPSA) is 3.24 Å². The Morgan fingerprint density at radius 3 is 2.62 bits per heavy atom. The van der Waals surface area contributed by atoms with E-state index >= 15 is 0 Å². The fourth-order valence-corrected chi connectivity index (χ4v) is 6.25. The van der Waals surface area contributed by atoms with Crippen LogP contribution >= 0.6 is 17.0 Å². The molecule has 3 atom stereocenters. The first-order chi connectivity index (χ1) is 12.4. The van der Waals surface area contributed by atoms with Crippen molar-refractivity contribution in [2.45, 2.75) is 56.4 Å². The lowest BCUT2D eigenvalue weighted by molar-refractivity contribution is -0.0105. The molecule has 0 radical (unpaired) electrons. The predicted octanol–water partition coefficient (Wildman–Crippen LogP) is 5.57. The number of likely N-dealkylation sites (tertiary alicyclic amines) is 1. The van der Waals surface area contributed by atoms with E-state index in [-0.39, 0.29) is 17.0 Å². The molecule has 0 N–H and O–H groups in total. The number of piperidine rings is 1. The van der Waals surface area contributed by atoms with E-state index < -0.39 is 0 Å². The Labute approximate surface area is 168 Å². The summed E-state index contributed by atoms with van der Waals surface area (Å²) in [7, 11) is 0. The lowest BCUT2D eigenvalue weighted by Crippen LogP contribution is -2.61. The molecule has 5 rings (SSSR count). The number of nitrogens with zero attached hydrogens (tertiary/aromatic N) is 1. The minimum absolute atomic E-state index is 0. The molecule has 26 heavy (non-hydrogen) atoms. The highest BCUT2D eigenvalue weighted by Gasteiger charge is 2.53. The van der Waals surface area contributed by atoms with E-state index in [9.17, 15) is 0 Å². The molecular weight excluding hydrogens is 382 g/mol. The molecule has 1 saturated carbocycles. The molecule has 138 valence electrons. The summed E-state index contributed by atoms with van der Waals surface area (Å²) in [6.07, 6.45) is 9.59. The van der Waals surface area contributed by atoms with Gasteiger partial charge in [0, 0.05) is 18.0 Å². The van der Waals surface area contributed by atoms with Crippen LogP contribution in [-0.4, -0.2) is 24.0 Å². The molecule has 0 spiro atoms. The van der Waals surface area contributed by atoms with E-state index in [4.69, 9.17) is 0 Å². The van der Waals surface area contributed by atoms with Gasteiger partial charge in [0.1, 0.15) is 0 Å². The van der Waals surface area contributed by atoms with Crippen LogP contribution in [0, 0.1) is 5.92 Å². The third-order valence-corrected chi connectivity index (χ3v) is 7.39. The summed E-state index contributed by atoms with van der Waals surface area (Å²) in [6.45, 7) is 2.52. The Hall–Kier alpha value is -1.12. The van der Waals surface area contributed by atoms with Gasteiger partial charge in [-0.1, -0.05) is 67.4 Å². The average molecular weight is 412 g/mol. The quantitative estimate of drug-likeness (QED) is 0.638. The van der Waals surface area contributed by atoms with Crippen LogP contribution in [0.5, 0.6) is 0 Å². The van der Waals surface area contributed by atoms with Crippen LogP contribution in [0.4, 0.5) is 0 Å². The van der Waals surface area contributed by atoms with Crippen molar-refractivity contribution >= 4 is 17.0 Å². The van der Waals surface area contributed by atoms with Crippen molar-refractivity contribution in [2.75, 3.05) is 13.1 Å². The second-order valence-electron chi connectivity index (χ2n) is 8.46. The van der Waals surface area contributed by atoms with Crippen molar-refractivity contribution in [1.82, 2.24) is 4.90 Å². The SMILES string of the molecule is Br.c1ccc(CCN2CC[C@]34CCCC[C@H]3[C@H]2Cc2ccccc24)cc1. The first kappa shape index (κ1) is 18.3. The van der Waals surface area contributed by atoms with Crippen molar-refractivity contribution in [3.8, 4) is 0 Å². The van der Waals surface area contributed by atoms with Crippen molar-refractivity contribution in [1.29, 1.82) is 0 Å². The summed E-state index contributed by atoms with van der Waals surface area (Å²) >= 11 is 0. The number of benzene rings is 2. The van der Waals surface area contributed by atoms with Crippen molar-refractivity contribution in [3.63, 3.8) is 0 Å². The van der Waals surface area contributed by atoms with Gasteiger partial charge in [-0.05, 0) is 61.3 Å². The Kier molecular flexibility index (Phi) is 5.25.